The van der Waals surface area contributed by atoms with E-state index in [9.17, 15) is 24.3 Å². The molecule has 4 heterocycles. The highest BCUT2D eigenvalue weighted by Crippen LogP contribution is 2.38. The summed E-state index contributed by atoms with van der Waals surface area (Å²) < 4.78 is 4.77. The third kappa shape index (κ3) is 7.94. The Morgan fingerprint density at radius 3 is 1.74 bits per heavy atom. The molecule has 2 aliphatic rings. The van der Waals surface area contributed by atoms with Crippen LogP contribution in [-0.2, 0) is 14.3 Å². The summed E-state index contributed by atoms with van der Waals surface area (Å²) in [6.45, 7) is 8.59. The maximum absolute atomic E-state index is 13.6. The number of carbonyl (C=O) groups excluding carboxylic acids is 3. The molecule has 7 rings (SSSR count). The van der Waals surface area contributed by atoms with Crippen molar-refractivity contribution >= 4 is 34.8 Å². The molecule has 4 atom stereocenters. The van der Waals surface area contributed by atoms with E-state index in [1.54, 1.807) is 16.0 Å². The second kappa shape index (κ2) is 16.5. The molecule has 2 fully saturated rings. The molecule has 2 saturated heterocycles. The number of imidazole rings is 2. The van der Waals surface area contributed by atoms with Gasteiger partial charge in [-0.05, 0) is 65.0 Å². The number of carboxylic acid groups (broad SMARTS) is 1. The summed E-state index contributed by atoms with van der Waals surface area (Å²) in [6.07, 6.45) is 4.92. The number of methoxy groups -OCH3 is 1. The summed E-state index contributed by atoms with van der Waals surface area (Å²) in [5.74, 6) is 0.701. The molecule has 5 N–H and O–H groups in total. The number of nitrogens with one attached hydrogen (secondary N) is 4. The van der Waals surface area contributed by atoms with Crippen molar-refractivity contribution in [3.63, 3.8) is 0 Å². The molecule has 0 radical (unpaired) electrons. The van der Waals surface area contributed by atoms with E-state index in [4.69, 9.17) is 14.7 Å². The summed E-state index contributed by atoms with van der Waals surface area (Å²) in [5.41, 5.74) is 5.75. The summed E-state index contributed by atoms with van der Waals surface area (Å²) in [6, 6.07) is 18.7. The zero-order valence-electron chi connectivity index (χ0n) is 32.9. The molecule has 298 valence electrons. The van der Waals surface area contributed by atoms with E-state index in [1.165, 1.54) is 7.11 Å². The van der Waals surface area contributed by atoms with Crippen molar-refractivity contribution < 1.29 is 29.0 Å². The van der Waals surface area contributed by atoms with Crippen molar-refractivity contribution in [3.05, 3.63) is 84.7 Å². The quantitative estimate of drug-likeness (QED) is 0.0926. The highest BCUT2D eigenvalue weighted by Gasteiger charge is 2.39. The van der Waals surface area contributed by atoms with Gasteiger partial charge >= 0.3 is 12.2 Å². The van der Waals surface area contributed by atoms with Crippen molar-refractivity contribution in [2.24, 2.45) is 11.8 Å². The Kier molecular flexibility index (Phi) is 11.3. The third-order valence-corrected chi connectivity index (χ3v) is 11.2. The van der Waals surface area contributed by atoms with Gasteiger partial charge in [-0.25, -0.2) is 19.6 Å². The Bertz CT molecular complexity index is 2260. The first kappa shape index (κ1) is 39.1. The topological polar surface area (TPSA) is 186 Å². The number of nitrogens with zero attached hydrogens (tertiary/aromatic N) is 4. The molecule has 14 nitrogen and oxygen atoms in total. The van der Waals surface area contributed by atoms with Gasteiger partial charge < -0.3 is 40.2 Å². The molecule has 0 aliphatic carbocycles. The highest BCUT2D eigenvalue weighted by molar-refractivity contribution is 6.04. The number of amides is 4. The van der Waals surface area contributed by atoms with Crippen LogP contribution in [0.15, 0.2) is 73.1 Å². The summed E-state index contributed by atoms with van der Waals surface area (Å²) in [5, 5.41) is 16.6. The normalized spacial score (nSPS) is 17.9. The van der Waals surface area contributed by atoms with Crippen LogP contribution in [0.25, 0.3) is 44.4 Å². The number of ether oxygens (including phenoxy) is 1. The first-order valence-corrected chi connectivity index (χ1v) is 19.6. The van der Waals surface area contributed by atoms with Crippen LogP contribution < -0.4 is 10.6 Å². The summed E-state index contributed by atoms with van der Waals surface area (Å²) in [7, 11) is 1.29. The smallest absolute Gasteiger partial charge is 0.407 e. The van der Waals surface area contributed by atoms with Gasteiger partial charge in [-0.15, -0.1) is 0 Å². The fourth-order valence-electron chi connectivity index (χ4n) is 8.24. The standard InChI is InChI=1S/C43H50N8O6/c1-24(2)36(48-42(54)55)40(52)50-20-9-13-35(50)39-45-23-33(47-39)31-19-18-28(29-10-6-7-11-30(29)31)26-14-16-27(17-15-26)32-22-44-38(46-32)34-12-8-21-51(34)41(53)37(25(3)4)49-43(56)57-5/h6-7,10-11,14-19,22-25,34-37,48H,8-9,12-13,20-21H2,1-5H3,(H,44,46)(H,45,47)(H,49,56)(H,54,55). The van der Waals surface area contributed by atoms with Crippen molar-refractivity contribution in [1.82, 2.24) is 40.4 Å². The Morgan fingerprint density at radius 2 is 1.19 bits per heavy atom. The predicted molar refractivity (Wildman–Crippen MR) is 216 cm³/mol. The zero-order valence-corrected chi connectivity index (χ0v) is 32.9. The minimum atomic E-state index is -1.22. The van der Waals surface area contributed by atoms with Crippen molar-refractivity contribution in [3.8, 4) is 33.6 Å². The van der Waals surface area contributed by atoms with Gasteiger partial charge in [-0.3, -0.25) is 9.59 Å². The van der Waals surface area contributed by atoms with Gasteiger partial charge in [-0.2, -0.15) is 0 Å². The molecular weight excluding hydrogens is 725 g/mol. The number of hydrogen-bond acceptors (Lipinski definition) is 7. The van der Waals surface area contributed by atoms with Crippen LogP contribution in [0.1, 0.15) is 77.1 Å². The van der Waals surface area contributed by atoms with Gasteiger partial charge in [0.15, 0.2) is 0 Å². The van der Waals surface area contributed by atoms with Gasteiger partial charge in [0.25, 0.3) is 0 Å². The minimum absolute atomic E-state index is 0.114. The molecule has 2 aliphatic heterocycles. The van der Waals surface area contributed by atoms with Crippen molar-refractivity contribution in [1.29, 1.82) is 0 Å². The van der Waals surface area contributed by atoms with E-state index in [1.807, 2.05) is 46.0 Å². The van der Waals surface area contributed by atoms with Crippen molar-refractivity contribution in [2.45, 2.75) is 77.5 Å². The number of alkyl carbamates (subject to hydrolysis) is 1. The molecule has 0 saturated carbocycles. The monoisotopic (exact) mass is 774 g/mol. The van der Waals surface area contributed by atoms with E-state index >= 15 is 0 Å². The van der Waals surface area contributed by atoms with Crippen LogP contribution >= 0.6 is 0 Å². The van der Waals surface area contributed by atoms with Gasteiger partial charge in [-0.1, -0.05) is 88.4 Å². The maximum atomic E-state index is 13.6. The number of hydrogen-bond donors (Lipinski definition) is 5. The fraction of sp³-hybridized carbons (Fsp3) is 0.395. The van der Waals surface area contributed by atoms with E-state index in [-0.39, 0.29) is 35.7 Å². The van der Waals surface area contributed by atoms with Crippen LogP contribution in [0.3, 0.4) is 0 Å². The van der Waals surface area contributed by atoms with E-state index in [2.05, 4.69) is 69.1 Å². The van der Waals surface area contributed by atoms with Crippen LogP contribution in [0.4, 0.5) is 9.59 Å². The number of rotatable bonds is 11. The average Bonchev–Trinajstić information content (AvgIpc) is 4.05. The first-order valence-electron chi connectivity index (χ1n) is 19.6. The summed E-state index contributed by atoms with van der Waals surface area (Å²) in [4.78, 5) is 70.5. The SMILES string of the molecule is COC(=O)NC(C(=O)N1CCCC1c1ncc(-c2ccc(-c3ccc(-c4cnc(C5CCCN5C(=O)C(NC(=O)O)C(C)C)[nH]4)c4ccccc34)cc2)[nH]1)C(C)C. The molecule has 57 heavy (non-hydrogen) atoms. The van der Waals surface area contributed by atoms with Crippen LogP contribution in [0.2, 0.25) is 0 Å². The molecule has 0 bridgehead atoms. The Hall–Kier alpha value is -6.18. The van der Waals surface area contributed by atoms with Gasteiger partial charge in [0, 0.05) is 18.7 Å². The number of aromatic amines is 2. The van der Waals surface area contributed by atoms with Crippen LogP contribution in [0.5, 0.6) is 0 Å². The highest BCUT2D eigenvalue weighted by atomic mass is 16.5. The number of carbonyl (C=O) groups is 4. The number of fused-ring (bicyclic) bond motifs is 1. The molecule has 3 aromatic carbocycles. The predicted octanol–water partition coefficient (Wildman–Crippen LogP) is 7.29. The molecular formula is C43H50N8O6. The largest absolute Gasteiger partial charge is 0.465 e. The number of benzene rings is 3. The average molecular weight is 775 g/mol. The zero-order chi connectivity index (χ0) is 40.4. The second-order valence-corrected chi connectivity index (χ2v) is 15.6. The fourth-order valence-corrected chi connectivity index (χ4v) is 8.24. The van der Waals surface area contributed by atoms with Crippen molar-refractivity contribution in [2.75, 3.05) is 20.2 Å². The van der Waals surface area contributed by atoms with Crippen LogP contribution in [0, 0.1) is 11.8 Å². The maximum Gasteiger partial charge on any atom is 0.407 e. The van der Waals surface area contributed by atoms with E-state index in [0.29, 0.717) is 24.7 Å². The molecule has 2 aromatic heterocycles. The lowest BCUT2D eigenvalue weighted by Crippen LogP contribution is -2.51. The van der Waals surface area contributed by atoms with E-state index in [0.717, 1.165) is 70.1 Å². The lowest BCUT2D eigenvalue weighted by molar-refractivity contribution is -0.136. The molecule has 4 amide bonds. The van der Waals surface area contributed by atoms with Crippen LogP contribution in [-0.4, -0.2) is 91.1 Å². The summed E-state index contributed by atoms with van der Waals surface area (Å²) >= 11 is 0. The molecule has 14 heteroatoms. The van der Waals surface area contributed by atoms with Gasteiger partial charge in [0.2, 0.25) is 11.8 Å². The minimum Gasteiger partial charge on any atom is -0.465 e. The third-order valence-electron chi connectivity index (χ3n) is 11.2. The molecule has 4 unspecified atom stereocenters. The Balaban J connectivity index is 1.10. The Morgan fingerprint density at radius 1 is 0.702 bits per heavy atom. The van der Waals surface area contributed by atoms with E-state index < -0.39 is 24.3 Å². The number of likely N-dealkylation sites (tertiary alicyclic amines) is 2. The van der Waals surface area contributed by atoms with Gasteiger partial charge in [0.05, 0.1) is 43.0 Å². The van der Waals surface area contributed by atoms with Gasteiger partial charge in [0.1, 0.15) is 23.7 Å². The second-order valence-electron chi connectivity index (χ2n) is 15.6. The lowest BCUT2D eigenvalue weighted by atomic mass is 9.93. The lowest BCUT2D eigenvalue weighted by Gasteiger charge is -2.30. The molecule has 5 aromatic rings. The number of aromatic nitrogens is 4. The molecule has 0 spiro atoms. The number of H-pyrrole nitrogens is 2. The first-order chi connectivity index (χ1) is 27.4. The Labute approximate surface area is 331 Å².